The largest absolute Gasteiger partial charge is 0.423 e. The minimum absolute atomic E-state index is 0.128. The van der Waals surface area contributed by atoms with Gasteiger partial charge in [-0.05, 0) is 49.0 Å². The Hall–Kier alpha value is -1.95. The first kappa shape index (κ1) is 15.9. The molecule has 0 unspecified atom stereocenters. The van der Waals surface area contributed by atoms with E-state index < -0.39 is 0 Å². The second kappa shape index (κ2) is 6.66. The Morgan fingerprint density at radius 1 is 1.30 bits per heavy atom. The van der Waals surface area contributed by atoms with E-state index in [0.717, 1.165) is 35.3 Å². The van der Waals surface area contributed by atoms with E-state index in [4.69, 9.17) is 4.42 Å². The predicted molar refractivity (Wildman–Crippen MR) is 94.3 cm³/mol. The first-order chi connectivity index (χ1) is 11.0. The van der Waals surface area contributed by atoms with E-state index in [1.54, 1.807) is 11.0 Å². The maximum Gasteiger partial charge on any atom is 0.336 e. The van der Waals surface area contributed by atoms with Gasteiger partial charge >= 0.3 is 11.7 Å². The molecule has 0 bridgehead atoms. The van der Waals surface area contributed by atoms with E-state index in [1.165, 1.54) is 6.07 Å². The highest BCUT2D eigenvalue weighted by Gasteiger charge is 2.22. The summed E-state index contributed by atoms with van der Waals surface area (Å²) in [7, 11) is 1.83. The van der Waals surface area contributed by atoms with Crippen LogP contribution in [0.5, 0.6) is 0 Å². The number of carbonyl (C=O) groups excluding carboxylic acids is 1. The van der Waals surface area contributed by atoms with Crippen LogP contribution in [-0.4, -0.2) is 35.5 Å². The fraction of sp³-hybridized carbons (Fsp3) is 0.412. The Morgan fingerprint density at radius 2 is 2.04 bits per heavy atom. The third-order valence-electron chi connectivity index (χ3n) is 4.26. The quantitative estimate of drug-likeness (QED) is 0.856. The number of fused-ring (bicyclic) bond motifs is 1. The van der Waals surface area contributed by atoms with Crippen LogP contribution in [0, 0.1) is 6.92 Å². The van der Waals surface area contributed by atoms with Crippen LogP contribution in [0.1, 0.15) is 18.4 Å². The number of nitrogens with zero attached hydrogens (tertiary/aromatic N) is 1. The van der Waals surface area contributed by atoms with Gasteiger partial charge in [0.15, 0.2) is 0 Å². The molecule has 2 aromatic rings. The summed E-state index contributed by atoms with van der Waals surface area (Å²) in [5, 5.41) is 3.76. The summed E-state index contributed by atoms with van der Waals surface area (Å²) < 4.78 is 5.22. The van der Waals surface area contributed by atoms with Crippen molar-refractivity contribution in [2.24, 2.45) is 0 Å². The van der Waals surface area contributed by atoms with Crippen LogP contribution < -0.4 is 10.9 Å². The number of anilines is 1. The Morgan fingerprint density at radius 3 is 2.78 bits per heavy atom. The maximum absolute atomic E-state index is 12.4. The van der Waals surface area contributed by atoms with E-state index >= 15 is 0 Å². The van der Waals surface area contributed by atoms with E-state index in [0.29, 0.717) is 11.3 Å². The van der Waals surface area contributed by atoms with Crippen molar-refractivity contribution in [2.45, 2.75) is 25.8 Å². The van der Waals surface area contributed by atoms with Gasteiger partial charge in [-0.15, -0.1) is 0 Å². The summed E-state index contributed by atoms with van der Waals surface area (Å²) in [6.07, 6.45) is 2.06. The molecule has 0 spiro atoms. The normalized spacial score (nSPS) is 15.6. The zero-order valence-electron chi connectivity index (χ0n) is 13.3. The molecule has 5 nitrogen and oxygen atoms in total. The van der Waals surface area contributed by atoms with Gasteiger partial charge in [-0.25, -0.2) is 9.59 Å². The number of rotatable bonds is 2. The van der Waals surface area contributed by atoms with Crippen LogP contribution >= 0.6 is 11.8 Å². The minimum Gasteiger partial charge on any atom is -0.423 e. The number of nitrogens with one attached hydrogen (secondary N) is 1. The zero-order chi connectivity index (χ0) is 16.4. The summed E-state index contributed by atoms with van der Waals surface area (Å²) in [4.78, 5) is 25.7. The van der Waals surface area contributed by atoms with Gasteiger partial charge in [0.1, 0.15) is 5.58 Å². The summed E-state index contributed by atoms with van der Waals surface area (Å²) in [6.45, 7) is 1.87. The molecule has 1 aliphatic heterocycles. The van der Waals surface area contributed by atoms with Gasteiger partial charge in [0, 0.05) is 36.3 Å². The van der Waals surface area contributed by atoms with E-state index in [2.05, 4.69) is 5.32 Å². The van der Waals surface area contributed by atoms with Gasteiger partial charge in [-0.3, -0.25) is 0 Å². The number of aryl methyl sites for hydroxylation is 1. The zero-order valence-corrected chi connectivity index (χ0v) is 14.1. The van der Waals surface area contributed by atoms with Crippen LogP contribution in [0.3, 0.4) is 0 Å². The Kier molecular flexibility index (Phi) is 4.61. The number of thioether (sulfide) groups is 1. The molecule has 2 amide bonds. The van der Waals surface area contributed by atoms with Crippen LogP contribution in [0.15, 0.2) is 33.5 Å². The smallest absolute Gasteiger partial charge is 0.336 e. The lowest BCUT2D eigenvalue weighted by Gasteiger charge is -2.31. The van der Waals surface area contributed by atoms with E-state index in [-0.39, 0.29) is 17.7 Å². The van der Waals surface area contributed by atoms with Crippen LogP contribution in [-0.2, 0) is 0 Å². The van der Waals surface area contributed by atoms with Crippen molar-refractivity contribution in [1.82, 2.24) is 4.90 Å². The van der Waals surface area contributed by atoms with Gasteiger partial charge in [0.25, 0.3) is 0 Å². The number of amides is 2. The third-order valence-corrected chi connectivity index (χ3v) is 5.31. The van der Waals surface area contributed by atoms with Crippen molar-refractivity contribution in [1.29, 1.82) is 0 Å². The molecular formula is C17H20N2O3S. The molecule has 1 saturated heterocycles. The standard InChI is InChI=1S/C17H20N2O3S/c1-11-9-16(20)22-15-10-12(3-4-14(11)15)18-17(21)19(2)13-5-7-23-8-6-13/h3-4,9-10,13H,5-8H2,1-2H3,(H,18,21). The second-order valence-corrected chi connectivity index (χ2v) is 7.07. The SMILES string of the molecule is Cc1cc(=O)oc2cc(NC(=O)N(C)C3CCSCC3)ccc12. The second-order valence-electron chi connectivity index (χ2n) is 5.84. The van der Waals surface area contributed by atoms with Crippen molar-refractivity contribution >= 4 is 34.4 Å². The molecule has 1 N–H and O–H groups in total. The highest BCUT2D eigenvalue weighted by atomic mass is 32.2. The fourth-order valence-electron chi connectivity index (χ4n) is 2.85. The molecule has 1 fully saturated rings. The van der Waals surface area contributed by atoms with Gasteiger partial charge < -0.3 is 14.6 Å². The molecule has 1 aliphatic rings. The van der Waals surface area contributed by atoms with E-state index in [1.807, 2.05) is 37.9 Å². The van der Waals surface area contributed by atoms with Crippen molar-refractivity contribution in [3.63, 3.8) is 0 Å². The lowest BCUT2D eigenvalue weighted by Crippen LogP contribution is -2.41. The Bertz CT molecular complexity index is 781. The number of urea groups is 1. The molecule has 0 atom stereocenters. The lowest BCUT2D eigenvalue weighted by atomic mass is 10.1. The minimum atomic E-state index is -0.379. The highest BCUT2D eigenvalue weighted by Crippen LogP contribution is 2.23. The molecule has 0 radical (unpaired) electrons. The molecule has 2 heterocycles. The summed E-state index contributed by atoms with van der Waals surface area (Å²) >= 11 is 1.94. The molecule has 1 aromatic carbocycles. The predicted octanol–water partition coefficient (Wildman–Crippen LogP) is 3.46. The van der Waals surface area contributed by atoms with Crippen molar-refractivity contribution < 1.29 is 9.21 Å². The molecule has 0 saturated carbocycles. The average molecular weight is 332 g/mol. The van der Waals surface area contributed by atoms with Crippen LogP contribution in [0.2, 0.25) is 0 Å². The summed E-state index contributed by atoms with van der Waals surface area (Å²) in [5.41, 5.74) is 1.61. The van der Waals surface area contributed by atoms with Crippen molar-refractivity contribution in [2.75, 3.05) is 23.9 Å². The fourth-order valence-corrected chi connectivity index (χ4v) is 3.93. The Balaban J connectivity index is 1.78. The number of hydrogen-bond acceptors (Lipinski definition) is 4. The third kappa shape index (κ3) is 3.52. The summed E-state index contributed by atoms with van der Waals surface area (Å²) in [6, 6.07) is 7.02. The van der Waals surface area contributed by atoms with Gasteiger partial charge in [0.05, 0.1) is 0 Å². The van der Waals surface area contributed by atoms with Crippen LogP contribution in [0.4, 0.5) is 10.5 Å². The van der Waals surface area contributed by atoms with E-state index in [9.17, 15) is 9.59 Å². The highest BCUT2D eigenvalue weighted by molar-refractivity contribution is 7.99. The number of carbonyl (C=O) groups is 1. The first-order valence-electron chi connectivity index (χ1n) is 7.70. The van der Waals surface area contributed by atoms with Crippen molar-refractivity contribution in [3.05, 3.63) is 40.2 Å². The molecule has 1 aromatic heterocycles. The molecule has 0 aliphatic carbocycles. The first-order valence-corrected chi connectivity index (χ1v) is 8.86. The molecule has 122 valence electrons. The molecule has 23 heavy (non-hydrogen) atoms. The van der Waals surface area contributed by atoms with Gasteiger partial charge in [-0.2, -0.15) is 11.8 Å². The topological polar surface area (TPSA) is 62.6 Å². The van der Waals surface area contributed by atoms with Gasteiger partial charge in [-0.1, -0.05) is 0 Å². The Labute approximate surface area is 139 Å². The van der Waals surface area contributed by atoms with Crippen molar-refractivity contribution in [3.8, 4) is 0 Å². The monoisotopic (exact) mass is 332 g/mol. The molecular weight excluding hydrogens is 312 g/mol. The van der Waals surface area contributed by atoms with Crippen LogP contribution in [0.25, 0.3) is 11.0 Å². The van der Waals surface area contributed by atoms with Gasteiger partial charge in [0.2, 0.25) is 0 Å². The number of hydrogen-bond donors (Lipinski definition) is 1. The maximum atomic E-state index is 12.4. The lowest BCUT2D eigenvalue weighted by molar-refractivity contribution is 0.200. The molecule has 6 heteroatoms. The molecule has 3 rings (SSSR count). The average Bonchev–Trinajstić information content (AvgIpc) is 2.54. The summed E-state index contributed by atoms with van der Waals surface area (Å²) in [5.74, 6) is 2.20. The number of benzene rings is 1.